The molecule has 4 aromatic rings. The molecule has 0 spiro atoms. The molecule has 0 radical (unpaired) electrons. The monoisotopic (exact) mass is 519 g/mol. The first-order valence-corrected chi connectivity index (χ1v) is 13.0. The number of rotatable bonds is 8. The summed E-state index contributed by atoms with van der Waals surface area (Å²) in [6.07, 6.45) is 1.67. The minimum atomic E-state index is -0.373. The average Bonchev–Trinajstić information content (AvgIpc) is 2.85. The average molecular weight is 520 g/mol. The zero-order chi connectivity index (χ0) is 24.8. The summed E-state index contributed by atoms with van der Waals surface area (Å²) in [4.78, 5) is 35.7. The van der Waals surface area contributed by atoms with Crippen molar-refractivity contribution in [3.05, 3.63) is 106 Å². The van der Waals surface area contributed by atoms with Crippen molar-refractivity contribution in [2.45, 2.75) is 34.5 Å². The van der Waals surface area contributed by atoms with Gasteiger partial charge in [0.1, 0.15) is 5.69 Å². The van der Waals surface area contributed by atoms with Gasteiger partial charge in [-0.2, -0.15) is 0 Å². The third kappa shape index (κ3) is 6.94. The number of halogens is 1. The molecule has 8 heteroatoms. The lowest BCUT2D eigenvalue weighted by atomic mass is 10.1. The van der Waals surface area contributed by atoms with E-state index in [1.807, 2.05) is 18.2 Å². The molecule has 176 valence electrons. The molecule has 1 heterocycles. The number of hydrogen-bond donors (Lipinski definition) is 1. The molecule has 1 aromatic heterocycles. The van der Waals surface area contributed by atoms with Gasteiger partial charge in [-0.1, -0.05) is 77.1 Å². The van der Waals surface area contributed by atoms with Crippen molar-refractivity contribution in [3.8, 4) is 0 Å². The van der Waals surface area contributed by atoms with Gasteiger partial charge in [0.05, 0.1) is 4.90 Å². The molecular weight excluding hydrogens is 498 g/mol. The molecule has 1 N–H and O–H groups in total. The number of nitrogens with one attached hydrogen (secondary N) is 1. The molecule has 1 amide bonds. The van der Waals surface area contributed by atoms with Crippen molar-refractivity contribution in [1.29, 1.82) is 0 Å². The Morgan fingerprint density at radius 3 is 2.51 bits per heavy atom. The summed E-state index contributed by atoms with van der Waals surface area (Å²) >= 11 is 8.87. The van der Waals surface area contributed by atoms with Crippen LogP contribution in [0.2, 0.25) is 5.02 Å². The molecule has 0 unspecified atom stereocenters. The van der Waals surface area contributed by atoms with Crippen molar-refractivity contribution in [2.24, 2.45) is 0 Å². The lowest BCUT2D eigenvalue weighted by molar-refractivity contribution is 0.100. The highest BCUT2D eigenvalue weighted by atomic mass is 35.5. The highest BCUT2D eigenvalue weighted by Gasteiger charge is 2.18. The molecule has 5 nitrogen and oxygen atoms in total. The Morgan fingerprint density at radius 1 is 1.00 bits per heavy atom. The zero-order valence-corrected chi connectivity index (χ0v) is 21.5. The van der Waals surface area contributed by atoms with E-state index in [4.69, 9.17) is 11.6 Å². The van der Waals surface area contributed by atoms with Crippen molar-refractivity contribution in [1.82, 2.24) is 9.97 Å². The van der Waals surface area contributed by atoms with Crippen LogP contribution in [0.25, 0.3) is 0 Å². The number of amides is 1. The van der Waals surface area contributed by atoms with Gasteiger partial charge in [0.2, 0.25) is 0 Å². The number of aromatic nitrogens is 2. The van der Waals surface area contributed by atoms with E-state index in [0.29, 0.717) is 32.1 Å². The van der Waals surface area contributed by atoms with Crippen LogP contribution >= 0.6 is 35.1 Å². The second-order valence-electron chi connectivity index (χ2n) is 7.79. The van der Waals surface area contributed by atoms with Crippen LogP contribution in [-0.4, -0.2) is 21.7 Å². The molecule has 0 fully saturated rings. The minimum Gasteiger partial charge on any atom is -0.321 e. The Bertz CT molecular complexity index is 1380. The maximum atomic E-state index is 13.3. The first-order valence-electron chi connectivity index (χ1n) is 10.8. The van der Waals surface area contributed by atoms with Crippen molar-refractivity contribution < 1.29 is 9.59 Å². The van der Waals surface area contributed by atoms with Crippen LogP contribution in [0.15, 0.2) is 93.9 Å². The van der Waals surface area contributed by atoms with Gasteiger partial charge in [-0.15, -0.1) is 0 Å². The van der Waals surface area contributed by atoms with Gasteiger partial charge in [-0.25, -0.2) is 9.97 Å². The fraction of sp³-hybridized carbons (Fsp3) is 0.111. The predicted molar refractivity (Wildman–Crippen MR) is 143 cm³/mol. The molecule has 0 atom stereocenters. The molecule has 0 bridgehead atoms. The maximum absolute atomic E-state index is 13.3. The Hall–Kier alpha value is -3.13. The fourth-order valence-electron chi connectivity index (χ4n) is 3.25. The number of carbonyl (C=O) groups is 2. The third-order valence-electron chi connectivity index (χ3n) is 4.97. The van der Waals surface area contributed by atoms with Crippen molar-refractivity contribution >= 4 is 52.5 Å². The van der Waals surface area contributed by atoms with Gasteiger partial charge < -0.3 is 5.32 Å². The van der Waals surface area contributed by atoms with E-state index in [1.165, 1.54) is 36.0 Å². The van der Waals surface area contributed by atoms with Gasteiger partial charge in [0.15, 0.2) is 10.9 Å². The Kier molecular flexibility index (Phi) is 8.23. The van der Waals surface area contributed by atoms with Crippen LogP contribution in [0.1, 0.15) is 38.9 Å². The van der Waals surface area contributed by atoms with E-state index in [9.17, 15) is 9.59 Å². The molecule has 0 saturated heterocycles. The van der Waals surface area contributed by atoms with Gasteiger partial charge in [-0.05, 0) is 55.8 Å². The number of Topliss-reactive ketones (excluding diaryl/α,β-unsaturated/α-hetero) is 1. The van der Waals surface area contributed by atoms with E-state index >= 15 is 0 Å². The first kappa shape index (κ1) is 25.0. The number of anilines is 1. The van der Waals surface area contributed by atoms with Crippen LogP contribution in [0.5, 0.6) is 0 Å². The topological polar surface area (TPSA) is 72.0 Å². The minimum absolute atomic E-state index is 0.0723. The van der Waals surface area contributed by atoms with E-state index < -0.39 is 0 Å². The molecule has 0 aliphatic carbocycles. The van der Waals surface area contributed by atoms with E-state index in [0.717, 1.165) is 10.5 Å². The zero-order valence-electron chi connectivity index (χ0n) is 19.1. The number of carbonyl (C=O) groups excluding carboxylic acids is 2. The molecular formula is C27H22ClN3O2S2. The smallest absolute Gasteiger partial charge is 0.275 e. The molecule has 4 rings (SSSR count). The predicted octanol–water partition coefficient (Wildman–Crippen LogP) is 7.34. The van der Waals surface area contributed by atoms with Gasteiger partial charge >= 0.3 is 0 Å². The Balaban J connectivity index is 1.61. The summed E-state index contributed by atoms with van der Waals surface area (Å²) < 4.78 is 0. The highest BCUT2D eigenvalue weighted by molar-refractivity contribution is 7.99. The van der Waals surface area contributed by atoms with Gasteiger partial charge in [0.25, 0.3) is 5.91 Å². The van der Waals surface area contributed by atoms with Gasteiger partial charge in [-0.3, -0.25) is 9.59 Å². The quantitative estimate of drug-likeness (QED) is 0.149. The van der Waals surface area contributed by atoms with E-state index in [2.05, 4.69) is 40.4 Å². The maximum Gasteiger partial charge on any atom is 0.275 e. The summed E-state index contributed by atoms with van der Waals surface area (Å²) in [5, 5.41) is 4.02. The molecule has 0 aliphatic heterocycles. The van der Waals surface area contributed by atoms with Crippen LogP contribution in [0, 0.1) is 6.92 Å². The normalized spacial score (nSPS) is 10.7. The second-order valence-corrected chi connectivity index (χ2v) is 10.3. The second kappa shape index (κ2) is 11.5. The van der Waals surface area contributed by atoms with Crippen LogP contribution in [-0.2, 0) is 5.75 Å². The molecule has 0 aliphatic rings. The standard InChI is InChI=1S/C27H22ClN3O2S2/c1-17-5-3-6-19(13-17)16-34-27-29-15-24(35-23-11-9-21(28)10-12-23)25(31-27)26(33)30-22-8-4-7-20(14-22)18(2)32/h3-15H,16H2,1-2H3,(H,30,33). The van der Waals surface area contributed by atoms with Crippen molar-refractivity contribution in [2.75, 3.05) is 5.32 Å². The number of aryl methyl sites for hydroxylation is 1. The first-order chi connectivity index (χ1) is 16.9. The SMILES string of the molecule is CC(=O)c1cccc(NC(=O)c2nc(SCc3cccc(C)c3)ncc2Sc2ccc(Cl)cc2)c1. The largest absolute Gasteiger partial charge is 0.321 e. The summed E-state index contributed by atoms with van der Waals surface area (Å²) in [5.41, 5.74) is 3.66. The van der Waals surface area contributed by atoms with Gasteiger partial charge in [0, 0.05) is 33.1 Å². The lowest BCUT2D eigenvalue weighted by Crippen LogP contribution is -2.16. The van der Waals surface area contributed by atoms with Crippen molar-refractivity contribution in [3.63, 3.8) is 0 Å². The number of benzene rings is 3. The molecule has 3 aromatic carbocycles. The summed E-state index contributed by atoms with van der Waals surface area (Å²) in [6, 6.07) is 22.4. The van der Waals surface area contributed by atoms with Crippen LogP contribution < -0.4 is 5.32 Å². The van der Waals surface area contributed by atoms with E-state index in [1.54, 1.807) is 42.6 Å². The fourth-order valence-corrected chi connectivity index (χ4v) is 5.00. The number of thioether (sulfide) groups is 1. The van der Waals surface area contributed by atoms with Crippen LogP contribution in [0.4, 0.5) is 5.69 Å². The lowest BCUT2D eigenvalue weighted by Gasteiger charge is -2.11. The van der Waals surface area contributed by atoms with Crippen LogP contribution in [0.3, 0.4) is 0 Å². The Labute approximate surface area is 217 Å². The molecule has 35 heavy (non-hydrogen) atoms. The number of nitrogens with zero attached hydrogens (tertiary/aromatic N) is 2. The third-order valence-corrected chi connectivity index (χ3v) is 7.18. The summed E-state index contributed by atoms with van der Waals surface area (Å²) in [6.45, 7) is 3.54. The molecule has 0 saturated carbocycles. The number of ketones is 1. The summed E-state index contributed by atoms with van der Waals surface area (Å²) in [7, 11) is 0. The van der Waals surface area contributed by atoms with E-state index in [-0.39, 0.29) is 17.4 Å². The summed E-state index contributed by atoms with van der Waals surface area (Å²) in [5.74, 6) is 0.242. The highest BCUT2D eigenvalue weighted by Crippen LogP contribution is 2.32. The number of hydrogen-bond acceptors (Lipinski definition) is 6. The Morgan fingerprint density at radius 2 is 1.77 bits per heavy atom.